The quantitative estimate of drug-likeness (QED) is 0.153. The number of nitrogens with zero attached hydrogens (tertiary/aromatic N) is 1. The largest absolute Gasteiger partial charge is 0.514 e. The molecule has 44 heavy (non-hydrogen) atoms. The van der Waals surface area contributed by atoms with Gasteiger partial charge >= 0.3 is 6.16 Å². The van der Waals surface area contributed by atoms with Gasteiger partial charge in [0.25, 0.3) is 0 Å². The van der Waals surface area contributed by atoms with Crippen LogP contribution in [0.25, 0.3) is 0 Å². The van der Waals surface area contributed by atoms with Crippen molar-refractivity contribution in [3.8, 4) is 11.6 Å². The molecule has 8 unspecified atom stereocenters. The van der Waals surface area contributed by atoms with Gasteiger partial charge in [0.15, 0.2) is 5.75 Å². The van der Waals surface area contributed by atoms with Gasteiger partial charge in [0.2, 0.25) is 9.67 Å². The van der Waals surface area contributed by atoms with E-state index in [9.17, 15) is 4.79 Å². The monoisotopic (exact) mass is 707 g/mol. The number of halogens is 5. The molecule has 0 amide bonds. The maximum absolute atomic E-state index is 13.0. The highest BCUT2D eigenvalue weighted by molar-refractivity contribution is 6.67. The van der Waals surface area contributed by atoms with Gasteiger partial charge in [-0.05, 0) is 91.8 Å². The fraction of sp³-hybridized carbons (Fsp3) is 0.765. The Morgan fingerprint density at radius 2 is 1.75 bits per heavy atom. The highest BCUT2D eigenvalue weighted by atomic mass is 35.6. The Hall–Kier alpha value is -0.590. The summed E-state index contributed by atoms with van der Waals surface area (Å²) in [5.41, 5.74) is 1.42. The smallest absolute Gasteiger partial charge is 0.480 e. The summed E-state index contributed by atoms with van der Waals surface area (Å²) >= 11 is 30.8. The molecule has 8 atom stereocenters. The van der Waals surface area contributed by atoms with Crippen LogP contribution in [0.2, 0.25) is 10.0 Å². The summed E-state index contributed by atoms with van der Waals surface area (Å²) in [7, 11) is 1.35. The zero-order chi connectivity index (χ0) is 32.0. The third-order valence-corrected chi connectivity index (χ3v) is 12.7. The minimum atomic E-state index is -1.99. The molecular formula is C34H46Cl5NO4. The molecule has 0 saturated heterocycles. The van der Waals surface area contributed by atoms with Crippen LogP contribution >= 0.6 is 58.0 Å². The van der Waals surface area contributed by atoms with Gasteiger partial charge in [-0.25, -0.2) is 9.78 Å². The first-order valence-electron chi connectivity index (χ1n) is 16.3. The van der Waals surface area contributed by atoms with Gasteiger partial charge in [0.05, 0.1) is 7.11 Å². The number of fused-ring (bicyclic) bond motifs is 5. The molecule has 1 heterocycles. The van der Waals surface area contributed by atoms with Crippen LogP contribution in [-0.4, -0.2) is 24.4 Å². The molecule has 0 aliphatic heterocycles. The lowest BCUT2D eigenvalue weighted by atomic mass is 9.50. The van der Waals surface area contributed by atoms with Crippen LogP contribution in [0.4, 0.5) is 4.79 Å². The van der Waals surface area contributed by atoms with Crippen LogP contribution in [0.1, 0.15) is 104 Å². The lowest BCUT2D eigenvalue weighted by Crippen LogP contribution is -2.48. The fourth-order valence-corrected chi connectivity index (χ4v) is 10.5. The van der Waals surface area contributed by atoms with E-state index >= 15 is 0 Å². The molecule has 0 radical (unpaired) electrons. The Bertz CT molecular complexity index is 1250. The van der Waals surface area contributed by atoms with E-state index in [2.05, 4.69) is 38.8 Å². The first kappa shape index (κ1) is 34.7. The average molecular weight is 710 g/mol. The summed E-state index contributed by atoms with van der Waals surface area (Å²) in [6, 6.07) is 0. The number of methoxy groups -OCH3 is 1. The number of hydrogen-bond acceptors (Lipinski definition) is 5. The van der Waals surface area contributed by atoms with Crippen molar-refractivity contribution in [3.63, 3.8) is 0 Å². The molecule has 4 aliphatic carbocycles. The molecule has 4 aliphatic rings. The van der Waals surface area contributed by atoms with E-state index in [1.807, 2.05) is 0 Å². The van der Waals surface area contributed by atoms with E-state index in [0.29, 0.717) is 12.3 Å². The Balaban J connectivity index is 1.23. The Labute approximate surface area is 288 Å². The Morgan fingerprint density at radius 3 is 2.43 bits per heavy atom. The number of pyridine rings is 1. The van der Waals surface area contributed by atoms with Crippen molar-refractivity contribution < 1.29 is 19.0 Å². The molecule has 0 spiro atoms. The molecule has 10 heteroatoms. The van der Waals surface area contributed by atoms with Crippen LogP contribution < -0.4 is 9.47 Å². The van der Waals surface area contributed by atoms with Crippen LogP contribution in [0.3, 0.4) is 0 Å². The zero-order valence-electron chi connectivity index (χ0n) is 26.4. The Kier molecular flexibility index (Phi) is 11.0. The number of carbonyl (C=O) groups excluding carboxylic acids is 1. The van der Waals surface area contributed by atoms with Crippen molar-refractivity contribution in [3.05, 3.63) is 27.4 Å². The summed E-state index contributed by atoms with van der Waals surface area (Å²) in [5.74, 6) is 5.46. The third kappa shape index (κ3) is 6.98. The standard InChI is InChI=1S/C34H46Cl5NO4/c1-18(2)7-6-8-19(3)22-11-12-24-23(22)13-14-26-25(24)10-9-20-17-21(15-16-33(20,26)4)43-32(41)44-29-27(35)30(34(37,38)39)40-31(42-5)28(29)36/h9,18-19,21-26H,6-8,10-17H2,1-5H3. The minimum Gasteiger partial charge on any atom is -0.480 e. The van der Waals surface area contributed by atoms with Crippen LogP contribution in [0.5, 0.6) is 11.6 Å². The molecule has 3 saturated carbocycles. The van der Waals surface area contributed by atoms with E-state index in [-0.39, 0.29) is 38.9 Å². The lowest BCUT2D eigenvalue weighted by molar-refractivity contribution is -0.0232. The van der Waals surface area contributed by atoms with Crippen molar-refractivity contribution in [2.24, 2.45) is 46.8 Å². The second-order valence-corrected chi connectivity index (χ2v) is 17.4. The lowest BCUT2D eigenvalue weighted by Gasteiger charge is -2.55. The minimum absolute atomic E-state index is 0.0839. The van der Waals surface area contributed by atoms with E-state index in [0.717, 1.165) is 54.8 Å². The number of rotatable bonds is 8. The molecule has 0 aromatic carbocycles. The predicted octanol–water partition coefficient (Wildman–Crippen LogP) is 11.8. The van der Waals surface area contributed by atoms with Crippen LogP contribution in [0.15, 0.2) is 11.6 Å². The molecule has 1 aromatic heterocycles. The second kappa shape index (κ2) is 13.9. The molecule has 5 rings (SSSR count). The normalized spacial score (nSPS) is 32.3. The first-order chi connectivity index (χ1) is 20.7. The molecule has 246 valence electrons. The topological polar surface area (TPSA) is 57.7 Å². The highest BCUT2D eigenvalue weighted by Gasteiger charge is 2.55. The number of ether oxygens (including phenoxy) is 3. The van der Waals surface area contributed by atoms with Gasteiger partial charge in [-0.3, -0.25) is 0 Å². The molecule has 5 nitrogen and oxygen atoms in total. The average Bonchev–Trinajstić information content (AvgIpc) is 3.39. The predicted molar refractivity (Wildman–Crippen MR) is 179 cm³/mol. The van der Waals surface area contributed by atoms with E-state index in [1.54, 1.807) is 0 Å². The SMILES string of the molecule is COc1nc(C(Cl)(Cl)Cl)c(Cl)c(OC(=O)OC2CCC3(C)C(=CCC4C5CCC(C(C)CCCC(C)C)C5CCC43)C2)c1Cl. The molecule has 3 fully saturated rings. The number of alkyl halides is 3. The van der Waals surface area contributed by atoms with Crippen LogP contribution in [-0.2, 0) is 8.53 Å². The number of allylic oxidation sites excluding steroid dienone is 1. The summed E-state index contributed by atoms with van der Waals surface area (Å²) < 4.78 is 14.5. The highest BCUT2D eigenvalue weighted by Crippen LogP contribution is 2.63. The van der Waals surface area contributed by atoms with Crippen molar-refractivity contribution in [1.82, 2.24) is 4.98 Å². The first-order valence-corrected chi connectivity index (χ1v) is 18.2. The Morgan fingerprint density at radius 1 is 1.02 bits per heavy atom. The van der Waals surface area contributed by atoms with Crippen molar-refractivity contribution in [2.45, 2.75) is 108 Å². The fourth-order valence-electron chi connectivity index (χ4n) is 9.35. The van der Waals surface area contributed by atoms with Crippen molar-refractivity contribution in [1.29, 1.82) is 0 Å². The summed E-state index contributed by atoms with van der Waals surface area (Å²) in [6.45, 7) is 9.67. The van der Waals surface area contributed by atoms with E-state index < -0.39 is 9.95 Å². The molecule has 0 N–H and O–H groups in total. The third-order valence-electron chi connectivity index (χ3n) is 11.5. The van der Waals surface area contributed by atoms with E-state index in [4.69, 9.17) is 72.2 Å². The van der Waals surface area contributed by atoms with Crippen molar-refractivity contribution >= 4 is 64.2 Å². The molecular weight excluding hydrogens is 664 g/mol. The summed E-state index contributed by atoms with van der Waals surface area (Å²) in [6.07, 6.45) is 14.5. The zero-order valence-corrected chi connectivity index (χ0v) is 30.2. The van der Waals surface area contributed by atoms with Gasteiger partial charge in [-0.1, -0.05) is 117 Å². The van der Waals surface area contributed by atoms with Crippen LogP contribution in [0, 0.1) is 46.8 Å². The maximum atomic E-state index is 13.0. The summed E-state index contributed by atoms with van der Waals surface area (Å²) in [4.78, 5) is 17.0. The number of aromatic nitrogens is 1. The van der Waals surface area contributed by atoms with Gasteiger partial charge in [0.1, 0.15) is 21.8 Å². The number of hydrogen-bond donors (Lipinski definition) is 0. The van der Waals surface area contributed by atoms with Crippen molar-refractivity contribution in [2.75, 3.05) is 7.11 Å². The molecule has 1 aromatic rings. The number of carbonyl (C=O) groups is 1. The molecule has 0 bridgehead atoms. The van der Waals surface area contributed by atoms with E-state index in [1.165, 1.54) is 57.6 Å². The maximum Gasteiger partial charge on any atom is 0.514 e. The summed E-state index contributed by atoms with van der Waals surface area (Å²) in [5, 5.41) is -0.306. The second-order valence-electron chi connectivity index (χ2n) is 14.4. The van der Waals surface area contributed by atoms with Gasteiger partial charge in [0, 0.05) is 6.42 Å². The van der Waals surface area contributed by atoms with Gasteiger partial charge in [-0.15, -0.1) is 0 Å². The van der Waals surface area contributed by atoms with Gasteiger partial charge in [-0.2, -0.15) is 0 Å². The van der Waals surface area contributed by atoms with Gasteiger partial charge < -0.3 is 14.2 Å².